The van der Waals surface area contributed by atoms with Gasteiger partial charge in [0.1, 0.15) is 0 Å². The Morgan fingerprint density at radius 1 is 1.25 bits per heavy atom. The summed E-state index contributed by atoms with van der Waals surface area (Å²) in [5.41, 5.74) is 1.58. The van der Waals surface area contributed by atoms with E-state index in [1.54, 1.807) is 12.1 Å². The molecule has 6 nitrogen and oxygen atoms in total. The summed E-state index contributed by atoms with van der Waals surface area (Å²) in [7, 11) is 0. The Balaban J connectivity index is 1.47. The molecule has 3 rings (SSSR count). The van der Waals surface area contributed by atoms with Crippen LogP contribution in [0.25, 0.3) is 0 Å². The van der Waals surface area contributed by atoms with E-state index < -0.39 is 0 Å². The van der Waals surface area contributed by atoms with Gasteiger partial charge >= 0.3 is 0 Å². The quantitative estimate of drug-likeness (QED) is 0.754. The van der Waals surface area contributed by atoms with Crippen molar-refractivity contribution in [3.63, 3.8) is 0 Å². The van der Waals surface area contributed by atoms with Crippen LogP contribution in [0.1, 0.15) is 22.3 Å². The second-order valence-corrected chi connectivity index (χ2v) is 6.15. The third-order valence-corrected chi connectivity index (χ3v) is 4.46. The van der Waals surface area contributed by atoms with E-state index in [0.29, 0.717) is 18.2 Å². The molecular weight excluding hydrogens is 306 g/mol. The number of amides is 2. The minimum absolute atomic E-state index is 0.0440. The van der Waals surface area contributed by atoms with Crippen molar-refractivity contribution < 1.29 is 14.3 Å². The third-order valence-electron chi connectivity index (χ3n) is 4.46. The van der Waals surface area contributed by atoms with Crippen molar-refractivity contribution in [2.45, 2.75) is 25.0 Å². The molecule has 2 atom stereocenters. The lowest BCUT2D eigenvalue weighted by molar-refractivity contribution is -0.116. The molecule has 1 aliphatic heterocycles. The van der Waals surface area contributed by atoms with E-state index >= 15 is 0 Å². The predicted molar refractivity (Wildman–Crippen MR) is 90.5 cm³/mol. The van der Waals surface area contributed by atoms with E-state index in [-0.39, 0.29) is 17.9 Å². The molecule has 2 fully saturated rings. The summed E-state index contributed by atoms with van der Waals surface area (Å²) in [5, 5.41) is 5.80. The molecule has 1 aromatic carbocycles. The van der Waals surface area contributed by atoms with Gasteiger partial charge in [0.25, 0.3) is 5.91 Å². The van der Waals surface area contributed by atoms with Gasteiger partial charge in [-0.1, -0.05) is 18.7 Å². The van der Waals surface area contributed by atoms with Gasteiger partial charge in [-0.05, 0) is 30.2 Å². The molecule has 0 spiro atoms. The van der Waals surface area contributed by atoms with Crippen LogP contribution >= 0.6 is 0 Å². The van der Waals surface area contributed by atoms with E-state index in [2.05, 4.69) is 22.1 Å². The molecule has 2 N–H and O–H groups in total. The average Bonchev–Trinajstić information content (AvgIpc) is 3.40. The van der Waals surface area contributed by atoms with Crippen LogP contribution in [0.3, 0.4) is 0 Å². The molecular formula is C18H23N3O3. The van der Waals surface area contributed by atoms with Crippen molar-refractivity contribution in [3.8, 4) is 0 Å². The zero-order valence-corrected chi connectivity index (χ0v) is 13.7. The maximum absolute atomic E-state index is 12.3. The number of carbonyl (C=O) groups excluding carboxylic acids is 2. The summed E-state index contributed by atoms with van der Waals surface area (Å²) < 4.78 is 5.36. The van der Waals surface area contributed by atoms with Crippen LogP contribution in [0, 0.1) is 0 Å². The lowest BCUT2D eigenvalue weighted by Gasteiger charge is -2.26. The summed E-state index contributed by atoms with van der Waals surface area (Å²) in [6, 6.07) is 7.97. The SMILES string of the molecule is C=CC(=O)NCc1ccc(C(=O)N[C@@H]2C[C@@H]2N2CCOCC2)cc1. The van der Waals surface area contributed by atoms with Gasteiger partial charge in [0, 0.05) is 37.3 Å². The van der Waals surface area contributed by atoms with Gasteiger partial charge < -0.3 is 15.4 Å². The standard InChI is InChI=1S/C18H23N3O3/c1-2-17(22)19-12-13-3-5-14(6-4-13)18(23)20-15-11-16(15)21-7-9-24-10-8-21/h2-6,15-16H,1,7-12H2,(H,19,22)(H,20,23)/t15-,16+/m1/s1. The van der Waals surface area contributed by atoms with Crippen molar-refractivity contribution >= 4 is 11.8 Å². The van der Waals surface area contributed by atoms with E-state index in [1.165, 1.54) is 6.08 Å². The normalized spacial score (nSPS) is 23.3. The lowest BCUT2D eigenvalue weighted by atomic mass is 10.1. The zero-order valence-electron chi connectivity index (χ0n) is 13.7. The fourth-order valence-electron chi connectivity index (χ4n) is 2.94. The second kappa shape index (κ2) is 7.59. The first-order valence-corrected chi connectivity index (χ1v) is 8.29. The molecule has 2 amide bonds. The van der Waals surface area contributed by atoms with Crippen molar-refractivity contribution in [1.29, 1.82) is 0 Å². The van der Waals surface area contributed by atoms with E-state index in [1.807, 2.05) is 12.1 Å². The zero-order chi connectivity index (χ0) is 16.9. The molecule has 6 heteroatoms. The Morgan fingerprint density at radius 3 is 2.62 bits per heavy atom. The maximum atomic E-state index is 12.3. The Labute approximate surface area is 141 Å². The largest absolute Gasteiger partial charge is 0.379 e. The number of morpholine rings is 1. The molecule has 0 radical (unpaired) electrons. The molecule has 24 heavy (non-hydrogen) atoms. The summed E-state index contributed by atoms with van der Waals surface area (Å²) in [5.74, 6) is -0.253. The van der Waals surface area contributed by atoms with Gasteiger partial charge in [-0.2, -0.15) is 0 Å². The van der Waals surface area contributed by atoms with Crippen molar-refractivity contribution in [2.75, 3.05) is 26.3 Å². The molecule has 1 heterocycles. The van der Waals surface area contributed by atoms with Gasteiger partial charge in [-0.15, -0.1) is 0 Å². The van der Waals surface area contributed by atoms with E-state index in [9.17, 15) is 9.59 Å². The molecule has 1 aromatic rings. The number of rotatable bonds is 6. The molecule has 0 unspecified atom stereocenters. The summed E-state index contributed by atoms with van der Waals surface area (Å²) >= 11 is 0. The van der Waals surface area contributed by atoms with Gasteiger partial charge in [0.2, 0.25) is 5.91 Å². The van der Waals surface area contributed by atoms with Gasteiger partial charge in [-0.3, -0.25) is 14.5 Å². The molecule has 128 valence electrons. The van der Waals surface area contributed by atoms with Crippen LogP contribution in [0.4, 0.5) is 0 Å². The highest BCUT2D eigenvalue weighted by molar-refractivity contribution is 5.94. The number of benzene rings is 1. The number of hydrogen-bond acceptors (Lipinski definition) is 4. The van der Waals surface area contributed by atoms with Crippen molar-refractivity contribution in [1.82, 2.24) is 15.5 Å². The predicted octanol–water partition coefficient (Wildman–Crippen LogP) is 0.692. The van der Waals surface area contributed by atoms with Crippen LogP contribution in [0.2, 0.25) is 0 Å². The lowest BCUT2D eigenvalue weighted by Crippen LogP contribution is -2.41. The fourth-order valence-corrected chi connectivity index (χ4v) is 2.94. The Bertz CT molecular complexity index is 608. The second-order valence-electron chi connectivity index (χ2n) is 6.15. The average molecular weight is 329 g/mol. The third kappa shape index (κ3) is 4.21. The first-order chi connectivity index (χ1) is 11.7. The Morgan fingerprint density at radius 2 is 1.96 bits per heavy atom. The van der Waals surface area contributed by atoms with E-state index in [4.69, 9.17) is 4.74 Å². The first kappa shape index (κ1) is 16.7. The highest BCUT2D eigenvalue weighted by Gasteiger charge is 2.43. The number of carbonyl (C=O) groups is 2. The topological polar surface area (TPSA) is 70.7 Å². The number of ether oxygens (including phenoxy) is 1. The smallest absolute Gasteiger partial charge is 0.251 e. The number of nitrogens with zero attached hydrogens (tertiary/aromatic N) is 1. The Kier molecular flexibility index (Phi) is 5.27. The van der Waals surface area contributed by atoms with Crippen LogP contribution in [0.5, 0.6) is 0 Å². The number of hydrogen-bond donors (Lipinski definition) is 2. The van der Waals surface area contributed by atoms with Crippen LogP contribution in [-0.2, 0) is 16.1 Å². The van der Waals surface area contributed by atoms with Gasteiger partial charge in [0.05, 0.1) is 13.2 Å². The first-order valence-electron chi connectivity index (χ1n) is 8.29. The van der Waals surface area contributed by atoms with Crippen molar-refractivity contribution in [2.24, 2.45) is 0 Å². The molecule has 1 aliphatic carbocycles. The van der Waals surface area contributed by atoms with E-state index in [0.717, 1.165) is 38.3 Å². The minimum atomic E-state index is -0.209. The van der Waals surface area contributed by atoms with Gasteiger partial charge in [0.15, 0.2) is 0 Å². The van der Waals surface area contributed by atoms with Crippen LogP contribution in [-0.4, -0.2) is 55.1 Å². The maximum Gasteiger partial charge on any atom is 0.251 e. The molecule has 0 aromatic heterocycles. The fraction of sp³-hybridized carbons (Fsp3) is 0.444. The highest BCUT2D eigenvalue weighted by atomic mass is 16.5. The molecule has 1 saturated heterocycles. The Hall–Kier alpha value is -2.18. The molecule has 1 saturated carbocycles. The highest BCUT2D eigenvalue weighted by Crippen LogP contribution is 2.28. The monoisotopic (exact) mass is 329 g/mol. The number of nitrogens with one attached hydrogen (secondary N) is 2. The minimum Gasteiger partial charge on any atom is -0.379 e. The summed E-state index contributed by atoms with van der Waals surface area (Å²) in [6.07, 6.45) is 2.25. The van der Waals surface area contributed by atoms with Gasteiger partial charge in [-0.25, -0.2) is 0 Å². The molecule has 0 bridgehead atoms. The van der Waals surface area contributed by atoms with Crippen LogP contribution < -0.4 is 10.6 Å². The van der Waals surface area contributed by atoms with Crippen molar-refractivity contribution in [3.05, 3.63) is 48.0 Å². The summed E-state index contributed by atoms with van der Waals surface area (Å²) in [6.45, 7) is 7.28. The molecule has 2 aliphatic rings. The summed E-state index contributed by atoms with van der Waals surface area (Å²) in [4.78, 5) is 25.8. The van der Waals surface area contributed by atoms with Crippen LogP contribution in [0.15, 0.2) is 36.9 Å².